The van der Waals surface area contributed by atoms with Crippen LogP contribution in [-0.2, 0) is 16.1 Å². The maximum atomic E-state index is 14.5. The highest BCUT2D eigenvalue weighted by atomic mass is 19.1. The van der Waals surface area contributed by atoms with Crippen LogP contribution >= 0.6 is 0 Å². The summed E-state index contributed by atoms with van der Waals surface area (Å²) in [6.45, 7) is 2.05. The first kappa shape index (κ1) is 25.4. The van der Waals surface area contributed by atoms with Gasteiger partial charge in [-0.3, -0.25) is 14.5 Å². The fourth-order valence-electron chi connectivity index (χ4n) is 5.04. The van der Waals surface area contributed by atoms with Gasteiger partial charge < -0.3 is 10.1 Å². The molecule has 1 aliphatic rings. The van der Waals surface area contributed by atoms with E-state index in [1.807, 2.05) is 37.3 Å². The summed E-state index contributed by atoms with van der Waals surface area (Å²) >= 11 is 0. The summed E-state index contributed by atoms with van der Waals surface area (Å²) in [6.07, 6.45) is 3.84. The monoisotopic (exact) mass is 515 g/mol. The Balaban J connectivity index is 1.61. The summed E-state index contributed by atoms with van der Waals surface area (Å²) in [5, 5.41) is 11.4. The fraction of sp³-hybridized carbons (Fsp3) is 0.310. The maximum absolute atomic E-state index is 14.5. The fourth-order valence-corrected chi connectivity index (χ4v) is 5.04. The molecule has 1 saturated carbocycles. The van der Waals surface area contributed by atoms with Crippen molar-refractivity contribution in [3.05, 3.63) is 84.2 Å². The van der Waals surface area contributed by atoms with Crippen LogP contribution in [0.5, 0.6) is 5.75 Å². The average molecular weight is 516 g/mol. The SMILES string of the molecule is CCOc1ccccc1C(C(=O)NC1CCCC1)N(C(=O)Cn1nnc2ccccc21)c1cccc(F)c1. The Hall–Kier alpha value is -4.27. The molecule has 38 heavy (non-hydrogen) atoms. The molecule has 3 aromatic carbocycles. The van der Waals surface area contributed by atoms with Gasteiger partial charge in [0.1, 0.15) is 29.7 Å². The van der Waals surface area contributed by atoms with E-state index in [4.69, 9.17) is 4.74 Å². The topological polar surface area (TPSA) is 89.4 Å². The Morgan fingerprint density at radius 3 is 2.63 bits per heavy atom. The van der Waals surface area contributed by atoms with E-state index in [0.29, 0.717) is 29.0 Å². The molecule has 0 aliphatic heterocycles. The first-order valence-electron chi connectivity index (χ1n) is 12.9. The molecular weight excluding hydrogens is 485 g/mol. The van der Waals surface area contributed by atoms with Crippen molar-refractivity contribution in [1.82, 2.24) is 20.3 Å². The van der Waals surface area contributed by atoms with Gasteiger partial charge in [0, 0.05) is 17.3 Å². The number of fused-ring (bicyclic) bond motifs is 1. The number of aromatic nitrogens is 3. The van der Waals surface area contributed by atoms with Crippen LogP contribution in [-0.4, -0.2) is 39.5 Å². The number of para-hydroxylation sites is 2. The van der Waals surface area contributed by atoms with Gasteiger partial charge in [0.15, 0.2) is 0 Å². The van der Waals surface area contributed by atoms with Crippen LogP contribution in [0.2, 0.25) is 0 Å². The van der Waals surface area contributed by atoms with Gasteiger partial charge in [0.05, 0.1) is 12.1 Å². The van der Waals surface area contributed by atoms with Crippen LogP contribution in [0.15, 0.2) is 72.8 Å². The number of rotatable bonds is 9. The third-order valence-electron chi connectivity index (χ3n) is 6.78. The first-order chi connectivity index (χ1) is 18.5. The number of hydrogen-bond donors (Lipinski definition) is 1. The second kappa shape index (κ2) is 11.4. The maximum Gasteiger partial charge on any atom is 0.249 e. The van der Waals surface area contributed by atoms with E-state index < -0.39 is 17.8 Å². The number of nitrogens with zero attached hydrogens (tertiary/aromatic N) is 4. The van der Waals surface area contributed by atoms with Gasteiger partial charge >= 0.3 is 0 Å². The molecule has 1 aromatic heterocycles. The molecule has 0 radical (unpaired) electrons. The van der Waals surface area contributed by atoms with Crippen LogP contribution in [0.25, 0.3) is 11.0 Å². The predicted molar refractivity (Wildman–Crippen MR) is 142 cm³/mol. The molecule has 5 rings (SSSR count). The van der Waals surface area contributed by atoms with Gasteiger partial charge in [-0.05, 0) is 56.2 Å². The van der Waals surface area contributed by atoms with E-state index in [-0.39, 0.29) is 24.2 Å². The van der Waals surface area contributed by atoms with Gasteiger partial charge in [-0.25, -0.2) is 9.07 Å². The molecule has 9 heteroatoms. The van der Waals surface area contributed by atoms with Crippen molar-refractivity contribution in [3.63, 3.8) is 0 Å². The van der Waals surface area contributed by atoms with Crippen molar-refractivity contribution in [1.29, 1.82) is 0 Å². The largest absolute Gasteiger partial charge is 0.493 e. The molecule has 1 fully saturated rings. The summed E-state index contributed by atoms with van der Waals surface area (Å²) < 4.78 is 21.8. The third kappa shape index (κ3) is 5.37. The van der Waals surface area contributed by atoms with Gasteiger partial charge in [0.2, 0.25) is 11.8 Å². The van der Waals surface area contributed by atoms with Gasteiger partial charge in [-0.15, -0.1) is 5.10 Å². The number of nitrogens with one attached hydrogen (secondary N) is 1. The van der Waals surface area contributed by atoms with Crippen LogP contribution in [0.4, 0.5) is 10.1 Å². The summed E-state index contributed by atoms with van der Waals surface area (Å²) in [7, 11) is 0. The molecule has 4 aromatic rings. The number of benzene rings is 3. The minimum absolute atomic E-state index is 0.0213. The highest BCUT2D eigenvalue weighted by Crippen LogP contribution is 2.35. The second-order valence-electron chi connectivity index (χ2n) is 9.34. The smallest absolute Gasteiger partial charge is 0.249 e. The van der Waals surface area contributed by atoms with Gasteiger partial charge in [-0.2, -0.15) is 0 Å². The Morgan fingerprint density at radius 1 is 1.08 bits per heavy atom. The van der Waals surface area contributed by atoms with Crippen molar-refractivity contribution >= 4 is 28.5 Å². The lowest BCUT2D eigenvalue weighted by Gasteiger charge is -2.33. The van der Waals surface area contributed by atoms with Gasteiger partial charge in [-0.1, -0.05) is 54.5 Å². The summed E-state index contributed by atoms with van der Waals surface area (Å²) in [5.74, 6) is -0.809. The van der Waals surface area contributed by atoms with Crippen molar-refractivity contribution in [2.75, 3.05) is 11.5 Å². The molecule has 1 unspecified atom stereocenters. The standard InChI is InChI=1S/C29H30FN5O3/c1-2-38-26-17-8-5-14-23(26)28(29(37)31-21-11-3-4-12-21)35(22-13-9-10-20(30)18-22)27(36)19-34-25-16-7-6-15-24(25)32-33-34/h5-10,13-18,21,28H,2-4,11-12,19H2,1H3,(H,31,37). The number of carbonyl (C=O) groups excluding carboxylic acids is 2. The lowest BCUT2D eigenvalue weighted by molar-refractivity contribution is -0.127. The molecule has 1 heterocycles. The van der Waals surface area contributed by atoms with E-state index in [1.54, 1.807) is 24.3 Å². The molecule has 1 atom stereocenters. The zero-order valence-corrected chi connectivity index (χ0v) is 21.2. The Kier molecular flexibility index (Phi) is 7.62. The van der Waals surface area contributed by atoms with E-state index in [0.717, 1.165) is 25.7 Å². The number of amides is 2. The molecular formula is C29H30FN5O3. The zero-order chi connectivity index (χ0) is 26.5. The average Bonchev–Trinajstić information content (AvgIpc) is 3.58. The molecule has 1 aliphatic carbocycles. The van der Waals surface area contributed by atoms with Crippen LogP contribution in [0, 0.1) is 5.82 Å². The quantitative estimate of drug-likeness (QED) is 0.346. The molecule has 0 bridgehead atoms. The van der Waals surface area contributed by atoms with E-state index in [2.05, 4.69) is 15.6 Å². The third-order valence-corrected chi connectivity index (χ3v) is 6.78. The molecule has 8 nitrogen and oxygen atoms in total. The summed E-state index contributed by atoms with van der Waals surface area (Å²) in [5.41, 5.74) is 2.11. The highest BCUT2D eigenvalue weighted by Gasteiger charge is 2.36. The van der Waals surface area contributed by atoms with Crippen LogP contribution in [0.3, 0.4) is 0 Å². The van der Waals surface area contributed by atoms with Crippen molar-refractivity contribution in [2.45, 2.75) is 51.2 Å². The summed E-state index contributed by atoms with van der Waals surface area (Å²) in [6, 6.07) is 19.1. The molecule has 196 valence electrons. The lowest BCUT2D eigenvalue weighted by Crippen LogP contribution is -2.47. The highest BCUT2D eigenvalue weighted by molar-refractivity contribution is 6.02. The van der Waals surface area contributed by atoms with Crippen molar-refractivity contribution in [2.24, 2.45) is 0 Å². The Bertz CT molecular complexity index is 1430. The van der Waals surface area contributed by atoms with Crippen LogP contribution in [0.1, 0.15) is 44.2 Å². The van der Waals surface area contributed by atoms with E-state index >= 15 is 0 Å². The molecule has 0 saturated heterocycles. The van der Waals surface area contributed by atoms with E-state index in [9.17, 15) is 14.0 Å². The summed E-state index contributed by atoms with van der Waals surface area (Å²) in [4.78, 5) is 29.4. The first-order valence-corrected chi connectivity index (χ1v) is 12.9. The number of halogens is 1. The second-order valence-corrected chi connectivity index (χ2v) is 9.34. The minimum atomic E-state index is -1.09. The van der Waals surface area contributed by atoms with Crippen LogP contribution < -0.4 is 15.0 Å². The lowest BCUT2D eigenvalue weighted by atomic mass is 10.0. The van der Waals surface area contributed by atoms with Crippen molar-refractivity contribution in [3.8, 4) is 5.75 Å². The normalized spacial score (nSPS) is 14.4. The number of anilines is 1. The minimum Gasteiger partial charge on any atom is -0.493 e. The zero-order valence-electron chi connectivity index (χ0n) is 21.2. The predicted octanol–water partition coefficient (Wildman–Crippen LogP) is 4.80. The Labute approximate surface area is 220 Å². The van der Waals surface area contributed by atoms with E-state index in [1.165, 1.54) is 27.8 Å². The molecule has 1 N–H and O–H groups in total. The van der Waals surface area contributed by atoms with Crippen molar-refractivity contribution < 1.29 is 18.7 Å². The molecule has 2 amide bonds. The molecule has 0 spiro atoms. The number of hydrogen-bond acceptors (Lipinski definition) is 5. The van der Waals surface area contributed by atoms with Gasteiger partial charge in [0.25, 0.3) is 0 Å². The Morgan fingerprint density at radius 2 is 1.84 bits per heavy atom. The number of ether oxygens (including phenoxy) is 1. The number of carbonyl (C=O) groups is 2.